The zero-order valence-electron chi connectivity index (χ0n) is 16.2. The fraction of sp³-hybridized carbons (Fsp3) is 0.550. The second-order valence-electron chi connectivity index (χ2n) is 7.65. The number of aromatic nitrogens is 2. The molecule has 150 valence electrons. The van der Waals surface area contributed by atoms with Crippen LogP contribution in [-0.2, 0) is 16.0 Å². The van der Waals surface area contributed by atoms with Crippen molar-refractivity contribution < 1.29 is 9.53 Å². The monoisotopic (exact) mass is 420 g/mol. The highest BCUT2D eigenvalue weighted by Crippen LogP contribution is 2.29. The van der Waals surface area contributed by atoms with Crippen LogP contribution in [0.4, 0.5) is 5.13 Å². The van der Waals surface area contributed by atoms with Gasteiger partial charge in [-0.3, -0.25) is 4.79 Å². The summed E-state index contributed by atoms with van der Waals surface area (Å²) in [5.41, 5.74) is 1.12. The number of anilines is 1. The van der Waals surface area contributed by atoms with Gasteiger partial charge in [0.15, 0.2) is 0 Å². The molecule has 3 heterocycles. The highest BCUT2D eigenvalue weighted by molar-refractivity contribution is 7.09. The van der Waals surface area contributed by atoms with E-state index in [2.05, 4.69) is 9.27 Å². The van der Waals surface area contributed by atoms with E-state index in [1.807, 2.05) is 43.0 Å². The molecule has 0 bridgehead atoms. The van der Waals surface area contributed by atoms with Crippen LogP contribution in [0.2, 0.25) is 5.02 Å². The van der Waals surface area contributed by atoms with Crippen molar-refractivity contribution in [2.45, 2.75) is 51.4 Å². The van der Waals surface area contributed by atoms with Gasteiger partial charge in [-0.2, -0.15) is 4.37 Å². The van der Waals surface area contributed by atoms with Crippen molar-refractivity contribution in [3.63, 3.8) is 0 Å². The van der Waals surface area contributed by atoms with E-state index in [0.717, 1.165) is 40.9 Å². The molecule has 2 aromatic rings. The van der Waals surface area contributed by atoms with Gasteiger partial charge >= 0.3 is 0 Å². The zero-order chi connectivity index (χ0) is 19.7. The third-order valence-electron chi connectivity index (χ3n) is 5.25. The summed E-state index contributed by atoms with van der Waals surface area (Å²) in [5, 5.41) is 1.56. The molecule has 1 aromatic carbocycles. The van der Waals surface area contributed by atoms with Gasteiger partial charge in [-0.15, -0.1) is 0 Å². The summed E-state index contributed by atoms with van der Waals surface area (Å²) in [4.78, 5) is 22.0. The Morgan fingerprint density at radius 1 is 1.25 bits per heavy atom. The Morgan fingerprint density at radius 3 is 2.68 bits per heavy atom. The fourth-order valence-corrected chi connectivity index (χ4v) is 4.93. The maximum absolute atomic E-state index is 13.2. The molecule has 2 saturated heterocycles. The fourth-order valence-electron chi connectivity index (χ4n) is 4.04. The second-order valence-corrected chi connectivity index (χ2v) is 8.82. The number of amides is 1. The molecule has 3 unspecified atom stereocenters. The minimum absolute atomic E-state index is 0.0788. The Kier molecular flexibility index (Phi) is 5.85. The number of rotatable bonds is 4. The van der Waals surface area contributed by atoms with E-state index in [1.54, 1.807) is 0 Å². The van der Waals surface area contributed by atoms with E-state index < -0.39 is 0 Å². The third kappa shape index (κ3) is 4.31. The van der Waals surface area contributed by atoms with Crippen molar-refractivity contribution in [1.82, 2.24) is 14.3 Å². The van der Waals surface area contributed by atoms with Gasteiger partial charge in [0.25, 0.3) is 0 Å². The van der Waals surface area contributed by atoms with Crippen molar-refractivity contribution in [2.75, 3.05) is 24.5 Å². The number of carbonyl (C=O) groups excluding carboxylic acids is 1. The smallest absolute Gasteiger partial charge is 0.245 e. The van der Waals surface area contributed by atoms with E-state index in [-0.39, 0.29) is 24.2 Å². The number of carbonyl (C=O) groups is 1. The number of halogens is 1. The highest BCUT2D eigenvalue weighted by Gasteiger charge is 2.37. The molecule has 0 aliphatic carbocycles. The van der Waals surface area contributed by atoms with E-state index in [0.29, 0.717) is 19.5 Å². The first-order valence-electron chi connectivity index (χ1n) is 9.77. The first kappa shape index (κ1) is 19.6. The van der Waals surface area contributed by atoms with E-state index in [4.69, 9.17) is 21.3 Å². The average Bonchev–Trinajstić information content (AvgIpc) is 3.31. The SMILES string of the molecule is CC1CN(C(=O)C2CCCN2c2nc(Cc3ccc(Cl)cc3)ns2)CC(C)O1. The van der Waals surface area contributed by atoms with Gasteiger partial charge in [0.05, 0.1) is 12.2 Å². The Balaban J connectivity index is 1.45. The van der Waals surface area contributed by atoms with Crippen LogP contribution in [0.15, 0.2) is 24.3 Å². The van der Waals surface area contributed by atoms with E-state index >= 15 is 0 Å². The quantitative estimate of drug-likeness (QED) is 0.758. The molecule has 2 aliphatic rings. The highest BCUT2D eigenvalue weighted by atomic mass is 35.5. The molecule has 6 nitrogen and oxygen atoms in total. The number of hydrogen-bond donors (Lipinski definition) is 0. The Bertz CT molecular complexity index is 818. The van der Waals surface area contributed by atoms with Crippen LogP contribution in [0.3, 0.4) is 0 Å². The molecule has 8 heteroatoms. The summed E-state index contributed by atoms with van der Waals surface area (Å²) in [5.74, 6) is 0.975. The zero-order valence-corrected chi connectivity index (χ0v) is 17.7. The minimum atomic E-state index is -0.145. The van der Waals surface area contributed by atoms with Crippen LogP contribution >= 0.6 is 23.1 Å². The normalized spacial score (nSPS) is 25.3. The lowest BCUT2D eigenvalue weighted by atomic mass is 10.1. The Labute approximate surface area is 174 Å². The van der Waals surface area contributed by atoms with E-state index in [1.165, 1.54) is 11.5 Å². The first-order chi connectivity index (χ1) is 13.5. The molecule has 0 spiro atoms. The van der Waals surface area contributed by atoms with Crippen LogP contribution in [0.1, 0.15) is 38.1 Å². The number of ether oxygens (including phenoxy) is 1. The third-order valence-corrected chi connectivity index (χ3v) is 6.29. The molecule has 3 atom stereocenters. The molecule has 1 aromatic heterocycles. The summed E-state index contributed by atoms with van der Waals surface area (Å²) in [7, 11) is 0. The number of hydrogen-bond acceptors (Lipinski definition) is 6. The molecule has 0 N–H and O–H groups in total. The predicted molar refractivity (Wildman–Crippen MR) is 111 cm³/mol. The lowest BCUT2D eigenvalue weighted by Gasteiger charge is -2.38. The van der Waals surface area contributed by atoms with Crippen LogP contribution in [0.25, 0.3) is 0 Å². The summed E-state index contributed by atoms with van der Waals surface area (Å²) in [6, 6.07) is 7.60. The molecule has 0 saturated carbocycles. The molecule has 1 amide bonds. The van der Waals surface area contributed by atoms with Gasteiger partial charge in [0.2, 0.25) is 11.0 Å². The lowest BCUT2D eigenvalue weighted by Crippen LogP contribution is -2.53. The van der Waals surface area contributed by atoms with E-state index in [9.17, 15) is 4.79 Å². The summed E-state index contributed by atoms with van der Waals surface area (Å²) in [6.07, 6.45) is 2.69. The second kappa shape index (κ2) is 8.35. The topological polar surface area (TPSA) is 58.6 Å². The molecule has 2 aliphatic heterocycles. The van der Waals surface area contributed by atoms with Crippen molar-refractivity contribution in [2.24, 2.45) is 0 Å². The first-order valence-corrected chi connectivity index (χ1v) is 10.9. The number of nitrogens with zero attached hydrogens (tertiary/aromatic N) is 4. The predicted octanol–water partition coefficient (Wildman–Crippen LogP) is 3.39. The van der Waals surface area contributed by atoms with Crippen LogP contribution in [-0.4, -0.2) is 58.0 Å². The Morgan fingerprint density at radius 2 is 1.96 bits per heavy atom. The van der Waals surface area contributed by atoms with Crippen LogP contribution in [0, 0.1) is 0 Å². The van der Waals surface area contributed by atoms with Gasteiger partial charge in [0, 0.05) is 42.6 Å². The van der Waals surface area contributed by atoms with Gasteiger partial charge in [-0.25, -0.2) is 4.98 Å². The average molecular weight is 421 g/mol. The molecule has 0 radical (unpaired) electrons. The molecule has 28 heavy (non-hydrogen) atoms. The van der Waals surface area contributed by atoms with Crippen LogP contribution < -0.4 is 4.90 Å². The lowest BCUT2D eigenvalue weighted by molar-refractivity contribution is -0.144. The van der Waals surface area contributed by atoms with Crippen LogP contribution in [0.5, 0.6) is 0 Å². The largest absolute Gasteiger partial charge is 0.372 e. The molecular formula is C20H25ClN4O2S. The summed E-state index contributed by atoms with van der Waals surface area (Å²) >= 11 is 7.33. The van der Waals surface area contributed by atoms with Crippen molar-refractivity contribution in [3.8, 4) is 0 Å². The molecular weight excluding hydrogens is 396 g/mol. The van der Waals surface area contributed by atoms with Gasteiger partial charge in [-0.05, 0) is 44.4 Å². The molecule has 4 rings (SSSR count). The molecule has 2 fully saturated rings. The maximum atomic E-state index is 13.2. The summed E-state index contributed by atoms with van der Waals surface area (Å²) in [6.45, 7) is 6.21. The minimum Gasteiger partial charge on any atom is -0.372 e. The number of morpholine rings is 1. The maximum Gasteiger partial charge on any atom is 0.245 e. The van der Waals surface area contributed by atoms with Crippen molar-refractivity contribution >= 4 is 34.2 Å². The standard InChI is InChI=1S/C20H25ClN4O2S/c1-13-11-24(12-14(2)27-13)19(26)17-4-3-9-25(17)20-22-18(23-28-20)10-15-5-7-16(21)8-6-15/h5-8,13-14,17H,3-4,9-12H2,1-2H3. The van der Waals surface area contributed by atoms with Crippen molar-refractivity contribution in [3.05, 3.63) is 40.7 Å². The van der Waals surface area contributed by atoms with Gasteiger partial charge < -0.3 is 14.5 Å². The summed E-state index contributed by atoms with van der Waals surface area (Å²) < 4.78 is 10.3. The van der Waals surface area contributed by atoms with Gasteiger partial charge in [-0.1, -0.05) is 23.7 Å². The Hall–Kier alpha value is -1.70. The number of benzene rings is 1. The van der Waals surface area contributed by atoms with Gasteiger partial charge in [0.1, 0.15) is 11.9 Å². The van der Waals surface area contributed by atoms with Crippen molar-refractivity contribution in [1.29, 1.82) is 0 Å².